The van der Waals surface area contributed by atoms with Crippen LogP contribution in [0.1, 0.15) is 40.7 Å². The first-order valence-corrected chi connectivity index (χ1v) is 11.2. The minimum absolute atomic E-state index is 0.0237. The van der Waals surface area contributed by atoms with Gasteiger partial charge in [-0.2, -0.15) is 5.26 Å². The van der Waals surface area contributed by atoms with Crippen LogP contribution in [-0.2, 0) is 0 Å². The summed E-state index contributed by atoms with van der Waals surface area (Å²) in [6.45, 7) is 2.68. The molecule has 1 aliphatic rings. The Hall–Kier alpha value is -3.76. The Kier molecular flexibility index (Phi) is 6.66. The minimum Gasteiger partial charge on any atom is -0.494 e. The lowest BCUT2D eigenvalue weighted by molar-refractivity contribution is 0.0733. The summed E-state index contributed by atoms with van der Waals surface area (Å²) in [4.78, 5) is 12.6. The molecule has 3 aromatic rings. The first kappa shape index (κ1) is 22.4. The van der Waals surface area contributed by atoms with Crippen molar-refractivity contribution in [2.75, 3.05) is 6.61 Å². The lowest BCUT2D eigenvalue weighted by Crippen LogP contribution is -2.21. The Bertz CT molecular complexity index is 1260. The van der Waals surface area contributed by atoms with Gasteiger partial charge in [-0.1, -0.05) is 37.3 Å². The van der Waals surface area contributed by atoms with Gasteiger partial charge in [0.15, 0.2) is 0 Å². The van der Waals surface area contributed by atoms with E-state index >= 15 is 0 Å². The van der Waals surface area contributed by atoms with Gasteiger partial charge in [-0.15, -0.1) is 0 Å². The van der Waals surface area contributed by atoms with Crippen LogP contribution in [0.25, 0.3) is 0 Å². The normalized spacial score (nSPS) is 14.6. The van der Waals surface area contributed by atoms with Crippen molar-refractivity contribution >= 4 is 21.9 Å². The molecule has 4 rings (SSSR count). The van der Waals surface area contributed by atoms with Crippen LogP contribution in [-0.4, -0.2) is 12.6 Å². The fraction of sp³-hybridized carbons (Fsp3) is 0.154. The van der Waals surface area contributed by atoms with Crippen LogP contribution < -0.4 is 19.9 Å². The van der Waals surface area contributed by atoms with E-state index in [0.29, 0.717) is 33.7 Å². The van der Waals surface area contributed by atoms with Crippen molar-refractivity contribution in [2.24, 2.45) is 5.73 Å². The van der Waals surface area contributed by atoms with Crippen molar-refractivity contribution in [1.82, 2.24) is 0 Å². The number of carbonyl (C=O) groups is 1. The van der Waals surface area contributed by atoms with Crippen LogP contribution in [0, 0.1) is 11.3 Å². The highest BCUT2D eigenvalue weighted by Gasteiger charge is 2.31. The Labute approximate surface area is 200 Å². The molecule has 1 aliphatic heterocycles. The number of nitrogens with two attached hydrogens (primary N) is 1. The van der Waals surface area contributed by atoms with Crippen molar-refractivity contribution in [1.29, 1.82) is 5.26 Å². The van der Waals surface area contributed by atoms with E-state index < -0.39 is 11.9 Å². The van der Waals surface area contributed by atoms with Crippen LogP contribution in [0.15, 0.2) is 82.7 Å². The highest BCUT2D eigenvalue weighted by Crippen LogP contribution is 2.43. The fourth-order valence-corrected chi connectivity index (χ4v) is 4.05. The van der Waals surface area contributed by atoms with Crippen molar-refractivity contribution < 1.29 is 19.0 Å². The van der Waals surface area contributed by atoms with Gasteiger partial charge < -0.3 is 19.9 Å². The van der Waals surface area contributed by atoms with Crippen LogP contribution >= 0.6 is 15.9 Å². The van der Waals surface area contributed by atoms with Gasteiger partial charge in [0.2, 0.25) is 5.88 Å². The van der Waals surface area contributed by atoms with E-state index in [1.165, 1.54) is 0 Å². The molecule has 2 N–H and O–H groups in total. The molecular weight excluding hydrogens is 484 g/mol. The molecule has 1 atom stereocenters. The second kappa shape index (κ2) is 9.80. The Balaban J connectivity index is 1.65. The lowest BCUT2D eigenvalue weighted by atomic mass is 9.83. The molecule has 0 radical (unpaired) electrons. The van der Waals surface area contributed by atoms with E-state index in [4.69, 9.17) is 19.9 Å². The van der Waals surface area contributed by atoms with Gasteiger partial charge in [0.25, 0.3) is 0 Å². The molecule has 0 fully saturated rings. The van der Waals surface area contributed by atoms with Gasteiger partial charge >= 0.3 is 5.97 Å². The van der Waals surface area contributed by atoms with Crippen molar-refractivity contribution in [2.45, 2.75) is 19.3 Å². The lowest BCUT2D eigenvalue weighted by Gasteiger charge is -2.26. The summed E-state index contributed by atoms with van der Waals surface area (Å²) < 4.78 is 17.6. The average molecular weight is 505 g/mol. The number of carbonyl (C=O) groups excluding carboxylic acids is 1. The standard InChI is InChI=1S/C26H21BrN2O4/c1-2-13-31-17-9-7-16(8-10-17)24-20-12-11-18(14-23(20)33-25(29)21(24)15-28)32-26(30)19-5-3-4-6-22(19)27/h3-12,14,24H,2,13,29H2,1H3. The molecule has 3 aromatic carbocycles. The smallest absolute Gasteiger partial charge is 0.344 e. The molecule has 0 saturated carbocycles. The van der Waals surface area contributed by atoms with E-state index in [-0.39, 0.29) is 5.88 Å². The minimum atomic E-state index is -0.501. The Morgan fingerprint density at radius 3 is 2.55 bits per heavy atom. The van der Waals surface area contributed by atoms with Crippen molar-refractivity contribution in [3.63, 3.8) is 0 Å². The van der Waals surface area contributed by atoms with Gasteiger partial charge in [0.1, 0.15) is 28.9 Å². The molecule has 0 spiro atoms. The van der Waals surface area contributed by atoms with Crippen LogP contribution in [0.2, 0.25) is 0 Å². The highest BCUT2D eigenvalue weighted by molar-refractivity contribution is 9.10. The van der Waals surface area contributed by atoms with Gasteiger partial charge in [-0.05, 0) is 58.2 Å². The summed E-state index contributed by atoms with van der Waals surface area (Å²) in [6, 6.07) is 21.8. The number of rotatable bonds is 6. The summed E-state index contributed by atoms with van der Waals surface area (Å²) in [5.74, 6) is 0.615. The van der Waals surface area contributed by atoms with Gasteiger partial charge in [0.05, 0.1) is 18.1 Å². The SMILES string of the molecule is CCCOc1ccc(C2C(C#N)=C(N)Oc3cc(OC(=O)c4ccccc4Br)ccc32)cc1. The molecule has 0 aliphatic carbocycles. The molecule has 6 nitrogen and oxygen atoms in total. The number of nitrogens with zero attached hydrogens (tertiary/aromatic N) is 1. The highest BCUT2D eigenvalue weighted by atomic mass is 79.9. The zero-order valence-electron chi connectivity index (χ0n) is 17.9. The number of halogens is 1. The maximum atomic E-state index is 12.6. The number of allylic oxidation sites excluding steroid dienone is 1. The summed E-state index contributed by atoms with van der Waals surface area (Å²) in [7, 11) is 0. The molecule has 33 heavy (non-hydrogen) atoms. The van der Waals surface area contributed by atoms with E-state index in [1.54, 1.807) is 36.4 Å². The van der Waals surface area contributed by atoms with Crippen molar-refractivity contribution in [3.05, 3.63) is 99.3 Å². The quantitative estimate of drug-likeness (QED) is 0.343. The fourth-order valence-electron chi connectivity index (χ4n) is 3.61. The predicted octanol–water partition coefficient (Wildman–Crippen LogP) is 5.68. The van der Waals surface area contributed by atoms with Gasteiger partial charge in [0, 0.05) is 16.1 Å². The number of hydrogen-bond donors (Lipinski definition) is 1. The number of esters is 1. The van der Waals surface area contributed by atoms with Gasteiger partial charge in [-0.3, -0.25) is 0 Å². The zero-order valence-corrected chi connectivity index (χ0v) is 19.5. The molecule has 7 heteroatoms. The Morgan fingerprint density at radius 1 is 1.12 bits per heavy atom. The maximum absolute atomic E-state index is 12.6. The molecule has 0 aromatic heterocycles. The predicted molar refractivity (Wildman–Crippen MR) is 127 cm³/mol. The summed E-state index contributed by atoms with van der Waals surface area (Å²) in [5.41, 5.74) is 8.45. The number of hydrogen-bond acceptors (Lipinski definition) is 6. The van der Waals surface area contributed by atoms with E-state index in [1.807, 2.05) is 37.3 Å². The second-order valence-corrected chi connectivity index (χ2v) is 8.27. The first-order valence-electron chi connectivity index (χ1n) is 10.4. The average Bonchev–Trinajstić information content (AvgIpc) is 2.82. The molecule has 1 unspecified atom stereocenters. The maximum Gasteiger partial charge on any atom is 0.344 e. The summed E-state index contributed by atoms with van der Waals surface area (Å²) in [5, 5.41) is 9.75. The molecule has 0 amide bonds. The number of benzene rings is 3. The topological polar surface area (TPSA) is 94.6 Å². The number of nitriles is 1. The molecule has 166 valence electrons. The van der Waals surface area contributed by atoms with E-state index in [2.05, 4.69) is 22.0 Å². The summed E-state index contributed by atoms with van der Waals surface area (Å²) >= 11 is 3.36. The molecule has 0 saturated heterocycles. The third-order valence-electron chi connectivity index (χ3n) is 5.18. The van der Waals surface area contributed by atoms with Crippen LogP contribution in [0.3, 0.4) is 0 Å². The van der Waals surface area contributed by atoms with Gasteiger partial charge in [-0.25, -0.2) is 4.79 Å². The molecule has 1 heterocycles. The monoisotopic (exact) mass is 504 g/mol. The zero-order chi connectivity index (χ0) is 23.4. The third kappa shape index (κ3) is 4.71. The van der Waals surface area contributed by atoms with E-state index in [0.717, 1.165) is 23.3 Å². The van der Waals surface area contributed by atoms with E-state index in [9.17, 15) is 10.1 Å². The van der Waals surface area contributed by atoms with Crippen LogP contribution in [0.5, 0.6) is 17.2 Å². The van der Waals surface area contributed by atoms with Crippen LogP contribution in [0.4, 0.5) is 0 Å². The molecular formula is C26H21BrN2O4. The Morgan fingerprint density at radius 2 is 1.85 bits per heavy atom. The second-order valence-electron chi connectivity index (χ2n) is 7.41. The number of ether oxygens (including phenoxy) is 3. The summed E-state index contributed by atoms with van der Waals surface area (Å²) in [6.07, 6.45) is 0.918. The third-order valence-corrected chi connectivity index (χ3v) is 5.87. The molecule has 0 bridgehead atoms. The largest absolute Gasteiger partial charge is 0.494 e. The number of fused-ring (bicyclic) bond motifs is 1. The van der Waals surface area contributed by atoms with Crippen molar-refractivity contribution in [3.8, 4) is 23.3 Å². The first-order chi connectivity index (χ1) is 16.0.